The van der Waals surface area contributed by atoms with Crippen molar-refractivity contribution in [3.05, 3.63) is 61.5 Å². The molecule has 2 heterocycles. The number of hydrogen-bond acceptors (Lipinski definition) is 5. The number of halogens is 5. The van der Waals surface area contributed by atoms with Gasteiger partial charge < -0.3 is 9.47 Å². The standard InChI is InChI=1S/C21H17ClF4N2O4S/c1-31-4-5-32-11-8-28-17-12(19(29)27-20(28)30)7-13(21(24,25)26)16(18(17)33-9-11)10-2-3-15(23)14(22)6-10/h2-3,6-7,11H,4-5,8-9H2,1H3,(H,27,29,30)/t11-/m1/s1. The Hall–Kier alpha value is -2.34. The minimum atomic E-state index is -4.84. The summed E-state index contributed by atoms with van der Waals surface area (Å²) >= 11 is 6.89. The first kappa shape index (κ1) is 23.8. The molecular weight excluding hydrogens is 488 g/mol. The number of aromatic amines is 1. The molecule has 1 aromatic heterocycles. The van der Waals surface area contributed by atoms with E-state index in [-0.39, 0.29) is 50.9 Å². The molecule has 2 aromatic carbocycles. The number of alkyl halides is 3. The summed E-state index contributed by atoms with van der Waals surface area (Å²) in [5, 5.41) is -0.630. The molecule has 176 valence electrons. The predicted molar refractivity (Wildman–Crippen MR) is 117 cm³/mol. The van der Waals surface area contributed by atoms with Crippen molar-refractivity contribution >= 4 is 34.3 Å². The van der Waals surface area contributed by atoms with Gasteiger partial charge in [0.25, 0.3) is 5.56 Å². The van der Waals surface area contributed by atoms with Gasteiger partial charge in [-0.05, 0) is 23.8 Å². The summed E-state index contributed by atoms with van der Waals surface area (Å²) in [6.45, 7) is 0.528. The molecule has 0 saturated heterocycles. The molecule has 1 aliphatic rings. The number of rotatable bonds is 5. The summed E-state index contributed by atoms with van der Waals surface area (Å²) in [5.41, 5.74) is -2.99. The molecule has 0 bridgehead atoms. The van der Waals surface area contributed by atoms with Crippen LogP contribution in [-0.2, 0) is 22.2 Å². The maximum absolute atomic E-state index is 14.1. The minimum absolute atomic E-state index is 0.0103. The third-order valence-electron chi connectivity index (χ3n) is 5.19. The lowest BCUT2D eigenvalue weighted by atomic mass is 9.96. The van der Waals surface area contributed by atoms with Gasteiger partial charge >= 0.3 is 11.9 Å². The number of ether oxygens (including phenoxy) is 2. The molecule has 3 aromatic rings. The van der Waals surface area contributed by atoms with Crippen LogP contribution in [0.2, 0.25) is 5.02 Å². The second kappa shape index (κ2) is 9.13. The van der Waals surface area contributed by atoms with Crippen LogP contribution in [0.3, 0.4) is 0 Å². The van der Waals surface area contributed by atoms with Gasteiger partial charge in [0, 0.05) is 23.3 Å². The highest BCUT2D eigenvalue weighted by Gasteiger charge is 2.38. The number of hydrogen-bond donors (Lipinski definition) is 1. The molecule has 33 heavy (non-hydrogen) atoms. The molecule has 0 radical (unpaired) electrons. The number of methoxy groups -OCH3 is 1. The monoisotopic (exact) mass is 504 g/mol. The quantitative estimate of drug-likeness (QED) is 0.414. The van der Waals surface area contributed by atoms with Crippen molar-refractivity contribution in [1.29, 1.82) is 0 Å². The van der Waals surface area contributed by atoms with Crippen LogP contribution in [0.15, 0.2) is 38.8 Å². The summed E-state index contributed by atoms with van der Waals surface area (Å²) in [5.74, 6) is -0.578. The molecule has 0 fully saturated rings. The topological polar surface area (TPSA) is 73.3 Å². The average Bonchev–Trinajstić information content (AvgIpc) is 2.94. The maximum atomic E-state index is 14.1. The van der Waals surface area contributed by atoms with Crippen LogP contribution >= 0.6 is 23.4 Å². The van der Waals surface area contributed by atoms with Gasteiger partial charge in [0.1, 0.15) is 5.82 Å². The van der Waals surface area contributed by atoms with E-state index in [0.29, 0.717) is 12.7 Å². The summed E-state index contributed by atoms with van der Waals surface area (Å²) in [6, 6.07) is 3.96. The summed E-state index contributed by atoms with van der Waals surface area (Å²) in [6.07, 6.45) is -5.38. The third-order valence-corrected chi connectivity index (χ3v) is 6.70. The Morgan fingerprint density at radius 1 is 1.24 bits per heavy atom. The first-order valence-corrected chi connectivity index (χ1v) is 11.1. The zero-order chi connectivity index (χ0) is 23.9. The van der Waals surface area contributed by atoms with Crippen LogP contribution in [0.5, 0.6) is 0 Å². The smallest absolute Gasteiger partial charge is 0.382 e. The molecule has 0 saturated carbocycles. The van der Waals surface area contributed by atoms with Gasteiger partial charge in [-0.15, -0.1) is 11.8 Å². The van der Waals surface area contributed by atoms with Gasteiger partial charge in [-0.25, -0.2) is 9.18 Å². The Kier molecular flexibility index (Phi) is 6.59. The SMILES string of the molecule is COCCO[C@H]1CSc2c(-c3ccc(F)c(Cl)c3)c(C(F)(F)F)cc3c(=O)[nH]c(=O)n(c23)C1. The molecular formula is C21H17ClF4N2O4S. The van der Waals surface area contributed by atoms with Crippen LogP contribution in [-0.4, -0.2) is 41.7 Å². The van der Waals surface area contributed by atoms with E-state index in [1.165, 1.54) is 17.7 Å². The van der Waals surface area contributed by atoms with Crippen molar-refractivity contribution in [1.82, 2.24) is 9.55 Å². The summed E-state index contributed by atoms with van der Waals surface area (Å²) in [7, 11) is 1.50. The molecule has 0 unspecified atom stereocenters. The van der Waals surface area contributed by atoms with Crippen molar-refractivity contribution < 1.29 is 27.0 Å². The number of aromatic nitrogens is 2. The Bertz CT molecular complexity index is 1340. The van der Waals surface area contributed by atoms with Crippen molar-refractivity contribution in [3.8, 4) is 11.1 Å². The van der Waals surface area contributed by atoms with Crippen LogP contribution < -0.4 is 11.2 Å². The lowest BCUT2D eigenvalue weighted by Crippen LogP contribution is -2.34. The highest BCUT2D eigenvalue weighted by atomic mass is 35.5. The largest absolute Gasteiger partial charge is 0.417 e. The lowest BCUT2D eigenvalue weighted by Gasteiger charge is -2.20. The van der Waals surface area contributed by atoms with Gasteiger partial charge in [-0.3, -0.25) is 14.3 Å². The van der Waals surface area contributed by atoms with Gasteiger partial charge in [0.05, 0.1) is 47.4 Å². The van der Waals surface area contributed by atoms with E-state index < -0.39 is 34.9 Å². The van der Waals surface area contributed by atoms with Gasteiger partial charge in [-0.2, -0.15) is 13.2 Å². The molecule has 1 atom stereocenters. The Morgan fingerprint density at radius 3 is 2.67 bits per heavy atom. The van der Waals surface area contributed by atoms with Gasteiger partial charge in [0.2, 0.25) is 0 Å². The number of nitrogens with one attached hydrogen (secondary N) is 1. The zero-order valence-electron chi connectivity index (χ0n) is 17.1. The van der Waals surface area contributed by atoms with Crippen LogP contribution in [0, 0.1) is 5.82 Å². The fourth-order valence-electron chi connectivity index (χ4n) is 3.73. The molecule has 0 spiro atoms. The number of nitrogens with zero attached hydrogens (tertiary/aromatic N) is 1. The Balaban J connectivity index is 2.04. The predicted octanol–water partition coefficient (Wildman–Crippen LogP) is 4.31. The second-order valence-corrected chi connectivity index (χ2v) is 8.76. The van der Waals surface area contributed by atoms with Crippen molar-refractivity contribution in [3.63, 3.8) is 0 Å². The summed E-state index contributed by atoms with van der Waals surface area (Å²) in [4.78, 5) is 27.3. The van der Waals surface area contributed by atoms with Gasteiger partial charge in [-0.1, -0.05) is 17.7 Å². The van der Waals surface area contributed by atoms with E-state index in [0.717, 1.165) is 23.9 Å². The van der Waals surface area contributed by atoms with Crippen molar-refractivity contribution in [2.45, 2.75) is 23.7 Å². The number of thioether (sulfide) groups is 1. The fourth-order valence-corrected chi connectivity index (χ4v) is 5.19. The van der Waals surface area contributed by atoms with E-state index in [1.54, 1.807) is 0 Å². The Morgan fingerprint density at radius 2 is 2.00 bits per heavy atom. The van der Waals surface area contributed by atoms with E-state index in [2.05, 4.69) is 4.98 Å². The molecule has 6 nitrogen and oxygen atoms in total. The molecule has 1 aliphatic heterocycles. The fraction of sp³-hybridized carbons (Fsp3) is 0.333. The Labute approximate surface area is 193 Å². The number of benzene rings is 2. The first-order chi connectivity index (χ1) is 15.6. The molecule has 4 rings (SSSR count). The first-order valence-electron chi connectivity index (χ1n) is 9.71. The number of H-pyrrole nitrogens is 1. The second-order valence-electron chi connectivity index (χ2n) is 7.32. The lowest BCUT2D eigenvalue weighted by molar-refractivity contribution is -0.137. The minimum Gasteiger partial charge on any atom is -0.382 e. The van der Waals surface area contributed by atoms with Crippen LogP contribution in [0.25, 0.3) is 22.0 Å². The van der Waals surface area contributed by atoms with E-state index >= 15 is 0 Å². The highest BCUT2D eigenvalue weighted by Crippen LogP contribution is 2.46. The van der Waals surface area contributed by atoms with Crippen LogP contribution in [0.4, 0.5) is 17.6 Å². The van der Waals surface area contributed by atoms with Crippen LogP contribution in [0.1, 0.15) is 5.56 Å². The average molecular weight is 505 g/mol. The van der Waals surface area contributed by atoms with E-state index in [9.17, 15) is 27.2 Å². The normalized spacial score (nSPS) is 16.2. The maximum Gasteiger partial charge on any atom is 0.417 e. The van der Waals surface area contributed by atoms with Crippen molar-refractivity contribution in [2.24, 2.45) is 0 Å². The van der Waals surface area contributed by atoms with E-state index in [1.807, 2.05) is 0 Å². The molecule has 12 heteroatoms. The molecule has 0 amide bonds. The third kappa shape index (κ3) is 4.54. The van der Waals surface area contributed by atoms with Gasteiger partial charge in [0.15, 0.2) is 0 Å². The summed E-state index contributed by atoms with van der Waals surface area (Å²) < 4.78 is 68.1. The van der Waals surface area contributed by atoms with Crippen molar-refractivity contribution in [2.75, 3.05) is 26.1 Å². The zero-order valence-corrected chi connectivity index (χ0v) is 18.7. The molecule has 0 aliphatic carbocycles. The van der Waals surface area contributed by atoms with E-state index in [4.69, 9.17) is 21.1 Å². The molecule has 1 N–H and O–H groups in total. The highest BCUT2D eigenvalue weighted by molar-refractivity contribution is 7.99.